The summed E-state index contributed by atoms with van der Waals surface area (Å²) in [4.78, 5) is 31.3. The first-order chi connectivity index (χ1) is 15.7. The molecule has 1 aromatic carbocycles. The summed E-state index contributed by atoms with van der Waals surface area (Å²) < 4.78 is 69.3. The molecule has 2 atom stereocenters. The molecule has 3 amide bonds. The predicted octanol–water partition coefficient (Wildman–Crippen LogP) is 3.75. The lowest BCUT2D eigenvalue weighted by atomic mass is 10.0. The molecule has 182 valence electrons. The van der Waals surface area contributed by atoms with E-state index in [1.807, 2.05) is 0 Å². The number of amides is 3. The summed E-state index contributed by atoms with van der Waals surface area (Å²) in [6, 6.07) is 0.164. The fraction of sp³-hybridized carbons (Fsp3) is 0.381. The van der Waals surface area contributed by atoms with Crippen LogP contribution < -0.4 is 15.1 Å². The third kappa shape index (κ3) is 3.84. The van der Waals surface area contributed by atoms with Crippen LogP contribution in [0.2, 0.25) is 5.02 Å². The molecule has 1 aliphatic heterocycles. The summed E-state index contributed by atoms with van der Waals surface area (Å²) in [7, 11) is 1.15. The van der Waals surface area contributed by atoms with Gasteiger partial charge in [-0.1, -0.05) is 11.6 Å². The number of aromatic nitrogens is 1. The standard InChI is InChI=1S/C21H18ClF5N4O3/c1-20(34)6-5-9-10(21(25,26)27)7-14(29-17(9)20)31-13(8-28-19(31)33)18(32)30(2)12-4-3-11(23)15(22)16(12)24/h3-4,7,13,34H,5-6,8H2,1-2H3,(H,28,33)/t13-,20+/m0/s1. The molecule has 34 heavy (non-hydrogen) atoms. The van der Waals surface area contributed by atoms with Gasteiger partial charge in [-0.25, -0.2) is 18.6 Å². The highest BCUT2D eigenvalue weighted by molar-refractivity contribution is 6.31. The molecule has 2 aromatic rings. The van der Waals surface area contributed by atoms with E-state index in [1.54, 1.807) is 0 Å². The maximum Gasteiger partial charge on any atom is 0.416 e. The number of hydrogen-bond donors (Lipinski definition) is 2. The average Bonchev–Trinajstić information content (AvgIpc) is 3.29. The van der Waals surface area contributed by atoms with Gasteiger partial charge in [0.2, 0.25) is 0 Å². The van der Waals surface area contributed by atoms with E-state index in [9.17, 15) is 36.6 Å². The van der Waals surface area contributed by atoms with Crippen molar-refractivity contribution in [1.29, 1.82) is 0 Å². The Morgan fingerprint density at radius 2 is 2.03 bits per heavy atom. The van der Waals surface area contributed by atoms with Gasteiger partial charge in [0.05, 0.1) is 16.9 Å². The van der Waals surface area contributed by atoms with E-state index in [1.165, 1.54) is 6.92 Å². The number of alkyl halides is 3. The maximum atomic E-state index is 14.4. The molecule has 0 spiro atoms. The van der Waals surface area contributed by atoms with Crippen LogP contribution in [0, 0.1) is 11.6 Å². The lowest BCUT2D eigenvalue weighted by Gasteiger charge is -2.28. The van der Waals surface area contributed by atoms with E-state index in [0.717, 1.165) is 29.0 Å². The first-order valence-corrected chi connectivity index (χ1v) is 10.4. The average molecular weight is 505 g/mol. The zero-order valence-electron chi connectivity index (χ0n) is 17.8. The number of pyridine rings is 1. The Morgan fingerprint density at radius 1 is 1.35 bits per heavy atom. The Labute approximate surface area is 195 Å². The topological polar surface area (TPSA) is 85.8 Å². The van der Waals surface area contributed by atoms with Gasteiger partial charge in [-0.15, -0.1) is 0 Å². The van der Waals surface area contributed by atoms with Crippen molar-refractivity contribution >= 4 is 35.0 Å². The highest BCUT2D eigenvalue weighted by Crippen LogP contribution is 2.44. The van der Waals surface area contributed by atoms with Crippen LogP contribution in [-0.4, -0.2) is 41.7 Å². The van der Waals surface area contributed by atoms with Crippen LogP contribution in [0.1, 0.15) is 30.2 Å². The van der Waals surface area contributed by atoms with Crippen LogP contribution in [0.25, 0.3) is 0 Å². The third-order valence-corrected chi connectivity index (χ3v) is 6.35. The van der Waals surface area contributed by atoms with Gasteiger partial charge in [-0.05, 0) is 43.5 Å². The molecule has 13 heteroatoms. The van der Waals surface area contributed by atoms with Crippen molar-refractivity contribution in [3.63, 3.8) is 0 Å². The van der Waals surface area contributed by atoms with Crippen LogP contribution in [0.5, 0.6) is 0 Å². The number of urea groups is 1. The molecule has 1 saturated heterocycles. The Hall–Kier alpha value is -2.99. The largest absolute Gasteiger partial charge is 0.416 e. The second kappa shape index (κ2) is 8.05. The zero-order chi connectivity index (χ0) is 25.2. The molecule has 1 fully saturated rings. The van der Waals surface area contributed by atoms with Crippen molar-refractivity contribution in [2.75, 3.05) is 23.4 Å². The minimum absolute atomic E-state index is 0.00373. The minimum Gasteiger partial charge on any atom is -0.384 e. The van der Waals surface area contributed by atoms with Crippen LogP contribution in [0.15, 0.2) is 18.2 Å². The van der Waals surface area contributed by atoms with E-state index in [4.69, 9.17) is 11.6 Å². The number of halogens is 6. The highest BCUT2D eigenvalue weighted by Gasteiger charge is 2.46. The van der Waals surface area contributed by atoms with Gasteiger partial charge in [-0.3, -0.25) is 9.69 Å². The van der Waals surface area contributed by atoms with Gasteiger partial charge < -0.3 is 15.3 Å². The molecule has 0 bridgehead atoms. The molecule has 2 N–H and O–H groups in total. The van der Waals surface area contributed by atoms with Gasteiger partial charge in [0.15, 0.2) is 5.82 Å². The number of nitrogens with zero attached hydrogens (tertiary/aromatic N) is 3. The van der Waals surface area contributed by atoms with E-state index >= 15 is 0 Å². The first-order valence-electron chi connectivity index (χ1n) is 10.1. The molecule has 2 heterocycles. The molecular weight excluding hydrogens is 487 g/mol. The number of fused-ring (bicyclic) bond motifs is 1. The summed E-state index contributed by atoms with van der Waals surface area (Å²) in [5.41, 5.74) is -3.53. The summed E-state index contributed by atoms with van der Waals surface area (Å²) in [5.74, 6) is -3.64. The van der Waals surface area contributed by atoms with Crippen molar-refractivity contribution in [3.05, 3.63) is 51.7 Å². The molecule has 1 aliphatic carbocycles. The van der Waals surface area contributed by atoms with Crippen molar-refractivity contribution in [1.82, 2.24) is 10.3 Å². The summed E-state index contributed by atoms with van der Waals surface area (Å²) in [6.07, 6.45) is -4.86. The normalized spacial score (nSPS) is 22.1. The van der Waals surface area contributed by atoms with E-state index < -0.39 is 63.5 Å². The van der Waals surface area contributed by atoms with Gasteiger partial charge in [0, 0.05) is 13.6 Å². The molecule has 4 rings (SSSR count). The second-order valence-corrected chi connectivity index (χ2v) is 8.67. The number of hydrogen-bond acceptors (Lipinski definition) is 4. The van der Waals surface area contributed by atoms with E-state index in [2.05, 4.69) is 10.3 Å². The lowest BCUT2D eigenvalue weighted by Crippen LogP contribution is -2.47. The fourth-order valence-electron chi connectivity index (χ4n) is 4.20. The first kappa shape index (κ1) is 24.1. The van der Waals surface area contributed by atoms with Crippen molar-refractivity contribution in [2.45, 2.75) is 37.6 Å². The molecule has 0 saturated carbocycles. The van der Waals surface area contributed by atoms with Gasteiger partial charge in [-0.2, -0.15) is 13.2 Å². The lowest BCUT2D eigenvalue weighted by molar-refractivity contribution is -0.138. The van der Waals surface area contributed by atoms with Crippen molar-refractivity contribution in [3.8, 4) is 0 Å². The molecular formula is C21H18ClF5N4O3. The monoisotopic (exact) mass is 504 g/mol. The summed E-state index contributed by atoms with van der Waals surface area (Å²) in [5, 5.41) is 12.1. The number of carbonyl (C=O) groups is 2. The van der Waals surface area contributed by atoms with E-state index in [-0.39, 0.29) is 30.6 Å². The molecule has 2 aliphatic rings. The minimum atomic E-state index is -4.80. The van der Waals surface area contributed by atoms with Crippen LogP contribution >= 0.6 is 11.6 Å². The Kier molecular flexibility index (Phi) is 5.72. The Bertz CT molecular complexity index is 1200. The van der Waals surface area contributed by atoms with E-state index in [0.29, 0.717) is 6.07 Å². The molecule has 7 nitrogen and oxygen atoms in total. The maximum absolute atomic E-state index is 14.4. The van der Waals surface area contributed by atoms with Crippen LogP contribution in [-0.2, 0) is 23.0 Å². The molecule has 0 radical (unpaired) electrons. The number of rotatable bonds is 3. The summed E-state index contributed by atoms with van der Waals surface area (Å²) in [6.45, 7) is 1.01. The SMILES string of the molecule is CN(C(=O)[C@@H]1CNC(=O)N1c1cc(C(F)(F)F)c2c(n1)[C@](C)(O)CC2)c1ccc(F)c(Cl)c1F. The predicted molar refractivity (Wildman–Crippen MR) is 112 cm³/mol. The number of aliphatic hydroxyl groups is 1. The second-order valence-electron chi connectivity index (χ2n) is 8.29. The number of benzene rings is 1. The third-order valence-electron chi connectivity index (χ3n) is 6.00. The zero-order valence-corrected chi connectivity index (χ0v) is 18.6. The van der Waals surface area contributed by atoms with Gasteiger partial charge >= 0.3 is 12.2 Å². The van der Waals surface area contributed by atoms with Crippen LogP contribution in [0.4, 0.5) is 38.3 Å². The quantitative estimate of drug-likeness (QED) is 0.492. The molecule has 0 unspecified atom stereocenters. The number of likely N-dealkylation sites (N-methyl/N-ethyl adjacent to an activating group) is 1. The van der Waals surface area contributed by atoms with Crippen molar-refractivity contribution in [2.24, 2.45) is 0 Å². The smallest absolute Gasteiger partial charge is 0.384 e. The van der Waals surface area contributed by atoms with Gasteiger partial charge in [0.25, 0.3) is 5.91 Å². The van der Waals surface area contributed by atoms with Crippen molar-refractivity contribution < 1.29 is 36.6 Å². The Balaban J connectivity index is 1.77. The summed E-state index contributed by atoms with van der Waals surface area (Å²) >= 11 is 5.57. The number of nitrogens with one attached hydrogen (secondary N) is 1. The molecule has 1 aromatic heterocycles. The fourth-order valence-corrected chi connectivity index (χ4v) is 4.36. The number of anilines is 2. The Morgan fingerprint density at radius 3 is 2.68 bits per heavy atom. The number of carbonyl (C=O) groups excluding carboxylic acids is 2. The van der Waals surface area contributed by atoms with Gasteiger partial charge in [0.1, 0.15) is 28.3 Å². The highest BCUT2D eigenvalue weighted by atomic mass is 35.5. The van der Waals surface area contributed by atoms with Crippen LogP contribution in [0.3, 0.4) is 0 Å².